The number of hydrogen-bond donors (Lipinski definition) is 0. The molecule has 7 heteroatoms. The van der Waals surface area contributed by atoms with Gasteiger partial charge in [-0.1, -0.05) is 72.4 Å². The minimum Gasteiger partial charge on any atom is -0.493 e. The summed E-state index contributed by atoms with van der Waals surface area (Å²) < 4.78 is 13.2. The normalized spacial score (nSPS) is 11.1. The van der Waals surface area contributed by atoms with Crippen LogP contribution in [0.15, 0.2) is 89.1 Å². The summed E-state index contributed by atoms with van der Waals surface area (Å²) in [6.45, 7) is 2.47. The van der Waals surface area contributed by atoms with Gasteiger partial charge in [0.1, 0.15) is 0 Å². The molecule has 0 saturated heterocycles. The van der Waals surface area contributed by atoms with Gasteiger partial charge in [0.15, 0.2) is 17.3 Å². The van der Waals surface area contributed by atoms with Gasteiger partial charge < -0.3 is 9.47 Å². The predicted octanol–water partition coefficient (Wildman–Crippen LogP) is 5.39. The molecule has 0 bridgehead atoms. The Labute approximate surface area is 198 Å². The van der Waals surface area contributed by atoms with Crippen LogP contribution in [0.4, 0.5) is 0 Å². The molecule has 0 spiro atoms. The van der Waals surface area contributed by atoms with E-state index in [1.807, 2.05) is 61.5 Å². The van der Waals surface area contributed by atoms with Crippen molar-refractivity contribution in [3.05, 3.63) is 101 Å². The zero-order chi connectivity index (χ0) is 22.9. The van der Waals surface area contributed by atoms with E-state index in [0.717, 1.165) is 28.7 Å². The van der Waals surface area contributed by atoms with E-state index in [-0.39, 0.29) is 0 Å². The van der Waals surface area contributed by atoms with Crippen molar-refractivity contribution in [3.63, 3.8) is 0 Å². The molecular weight excluding hydrogens is 432 g/mol. The minimum atomic E-state index is 0.579. The number of thioether (sulfide) groups is 1. The average molecular weight is 459 g/mol. The zero-order valence-electron chi connectivity index (χ0n) is 18.7. The summed E-state index contributed by atoms with van der Waals surface area (Å²) in [5, 5.41) is 13.8. The zero-order valence-corrected chi connectivity index (χ0v) is 19.5. The highest BCUT2D eigenvalue weighted by molar-refractivity contribution is 7.98. The smallest absolute Gasteiger partial charge is 0.212 e. The number of benzene rings is 3. The third-order valence-corrected chi connectivity index (χ3v) is 5.97. The van der Waals surface area contributed by atoms with Gasteiger partial charge in [-0.15, -0.1) is 10.2 Å². The molecule has 1 aromatic heterocycles. The van der Waals surface area contributed by atoms with E-state index in [9.17, 15) is 0 Å². The Morgan fingerprint density at radius 3 is 2.36 bits per heavy atom. The van der Waals surface area contributed by atoms with Crippen LogP contribution < -0.4 is 9.47 Å². The van der Waals surface area contributed by atoms with Crippen LogP contribution in [0.3, 0.4) is 0 Å². The Balaban J connectivity index is 1.41. The summed E-state index contributed by atoms with van der Waals surface area (Å²) in [6.07, 6.45) is 2.61. The molecule has 0 radical (unpaired) electrons. The highest BCUT2D eigenvalue weighted by Gasteiger charge is 2.10. The number of aryl methyl sites for hydroxylation is 1. The average Bonchev–Trinajstić information content (AvgIpc) is 3.22. The lowest BCUT2D eigenvalue weighted by atomic mass is 10.2. The Morgan fingerprint density at radius 2 is 1.64 bits per heavy atom. The lowest BCUT2D eigenvalue weighted by Crippen LogP contribution is -2.03. The van der Waals surface area contributed by atoms with Crippen molar-refractivity contribution in [1.82, 2.24) is 14.9 Å². The Kier molecular flexibility index (Phi) is 7.76. The Hall–Kier alpha value is -3.58. The highest BCUT2D eigenvalue weighted by Crippen LogP contribution is 2.28. The van der Waals surface area contributed by atoms with Crippen molar-refractivity contribution in [2.45, 2.75) is 24.3 Å². The molecule has 0 fully saturated rings. The van der Waals surface area contributed by atoms with E-state index in [1.54, 1.807) is 29.8 Å². The SMILES string of the molecule is COc1cc(/C=N/n2c(C)nnc2SCc2ccccc2)ccc1OCCc1ccccc1. The fourth-order valence-electron chi connectivity index (χ4n) is 3.21. The molecule has 4 rings (SSSR count). The largest absolute Gasteiger partial charge is 0.493 e. The summed E-state index contributed by atoms with van der Waals surface area (Å²) in [6, 6.07) is 26.3. The first-order chi connectivity index (χ1) is 16.2. The van der Waals surface area contributed by atoms with Gasteiger partial charge in [-0.3, -0.25) is 0 Å². The first kappa shape index (κ1) is 22.6. The van der Waals surface area contributed by atoms with E-state index in [1.165, 1.54) is 11.1 Å². The molecule has 0 aliphatic heterocycles. The van der Waals surface area contributed by atoms with Crippen molar-refractivity contribution >= 4 is 18.0 Å². The maximum atomic E-state index is 5.95. The van der Waals surface area contributed by atoms with Crippen LogP contribution in [-0.4, -0.2) is 34.8 Å². The van der Waals surface area contributed by atoms with Crippen LogP contribution in [0.2, 0.25) is 0 Å². The number of ether oxygens (including phenoxy) is 2. The fourth-order valence-corrected chi connectivity index (χ4v) is 4.10. The van der Waals surface area contributed by atoms with Gasteiger partial charge in [-0.2, -0.15) is 9.78 Å². The summed E-state index contributed by atoms with van der Waals surface area (Å²) >= 11 is 1.60. The lowest BCUT2D eigenvalue weighted by molar-refractivity contribution is 0.297. The lowest BCUT2D eigenvalue weighted by Gasteiger charge is -2.11. The van der Waals surface area contributed by atoms with Gasteiger partial charge in [-0.05, 0) is 41.8 Å². The van der Waals surface area contributed by atoms with E-state index >= 15 is 0 Å². The number of methoxy groups -OCH3 is 1. The van der Waals surface area contributed by atoms with E-state index in [4.69, 9.17) is 9.47 Å². The van der Waals surface area contributed by atoms with Gasteiger partial charge in [0.2, 0.25) is 5.16 Å². The Morgan fingerprint density at radius 1 is 0.909 bits per heavy atom. The molecule has 1 heterocycles. The molecule has 0 saturated carbocycles. The minimum absolute atomic E-state index is 0.579. The number of rotatable bonds is 10. The summed E-state index contributed by atoms with van der Waals surface area (Å²) in [7, 11) is 1.64. The molecule has 6 nitrogen and oxygen atoms in total. The third kappa shape index (κ3) is 6.23. The van der Waals surface area contributed by atoms with Crippen molar-refractivity contribution in [2.24, 2.45) is 5.10 Å². The molecule has 168 valence electrons. The van der Waals surface area contributed by atoms with E-state index in [2.05, 4.69) is 39.6 Å². The molecule has 0 atom stereocenters. The first-order valence-electron chi connectivity index (χ1n) is 10.7. The molecule has 33 heavy (non-hydrogen) atoms. The van der Waals surface area contributed by atoms with E-state index in [0.29, 0.717) is 18.1 Å². The summed E-state index contributed by atoms with van der Waals surface area (Å²) in [5.41, 5.74) is 3.37. The Bertz CT molecular complexity index is 1190. The second kappa shape index (κ2) is 11.3. The molecule has 0 aliphatic rings. The van der Waals surface area contributed by atoms with Gasteiger partial charge >= 0.3 is 0 Å². The van der Waals surface area contributed by atoms with E-state index < -0.39 is 0 Å². The van der Waals surface area contributed by atoms with Crippen molar-refractivity contribution in [2.75, 3.05) is 13.7 Å². The second-order valence-corrected chi connectivity index (χ2v) is 8.30. The van der Waals surface area contributed by atoms with Crippen molar-refractivity contribution in [1.29, 1.82) is 0 Å². The molecule has 0 unspecified atom stereocenters. The summed E-state index contributed by atoms with van der Waals surface area (Å²) in [5.74, 6) is 2.92. The first-order valence-corrected chi connectivity index (χ1v) is 11.7. The predicted molar refractivity (Wildman–Crippen MR) is 132 cm³/mol. The third-order valence-electron chi connectivity index (χ3n) is 4.98. The quantitative estimate of drug-likeness (QED) is 0.235. The molecular formula is C26H26N4O2S. The monoisotopic (exact) mass is 458 g/mol. The van der Waals surface area contributed by atoms with Crippen LogP contribution in [0, 0.1) is 6.92 Å². The molecule has 0 aliphatic carbocycles. The molecule has 4 aromatic rings. The van der Waals surface area contributed by atoms with Crippen molar-refractivity contribution in [3.8, 4) is 11.5 Å². The van der Waals surface area contributed by atoms with Crippen LogP contribution in [0.25, 0.3) is 0 Å². The molecule has 3 aromatic carbocycles. The molecule has 0 N–H and O–H groups in total. The van der Waals surface area contributed by atoms with Crippen LogP contribution in [0.1, 0.15) is 22.5 Å². The van der Waals surface area contributed by atoms with Crippen molar-refractivity contribution < 1.29 is 9.47 Å². The fraction of sp³-hybridized carbons (Fsp3) is 0.192. The maximum absolute atomic E-state index is 5.95. The van der Waals surface area contributed by atoms with Crippen LogP contribution in [0.5, 0.6) is 11.5 Å². The van der Waals surface area contributed by atoms with Crippen LogP contribution in [-0.2, 0) is 12.2 Å². The maximum Gasteiger partial charge on any atom is 0.212 e. The van der Waals surface area contributed by atoms with Gasteiger partial charge in [-0.25, -0.2) is 0 Å². The van der Waals surface area contributed by atoms with Crippen LogP contribution >= 0.6 is 11.8 Å². The standard InChI is InChI=1S/C26H26N4O2S/c1-20-28-29-26(33-19-22-11-7-4-8-12-22)30(20)27-18-23-13-14-24(25(17-23)31-2)32-16-15-21-9-5-3-6-10-21/h3-14,17-18H,15-16,19H2,1-2H3/b27-18+. The van der Waals surface area contributed by atoms with Gasteiger partial charge in [0, 0.05) is 12.2 Å². The second-order valence-electron chi connectivity index (χ2n) is 7.35. The molecule has 0 amide bonds. The number of hydrogen-bond acceptors (Lipinski definition) is 6. The van der Waals surface area contributed by atoms with Gasteiger partial charge in [0.25, 0.3) is 0 Å². The van der Waals surface area contributed by atoms with Gasteiger partial charge in [0.05, 0.1) is 19.9 Å². The number of nitrogens with zero attached hydrogens (tertiary/aromatic N) is 4. The number of aromatic nitrogens is 3. The topological polar surface area (TPSA) is 61.5 Å². The highest BCUT2D eigenvalue weighted by atomic mass is 32.2. The summed E-state index contributed by atoms with van der Waals surface area (Å²) in [4.78, 5) is 0.